The molecule has 4 heterocycles. The summed E-state index contributed by atoms with van der Waals surface area (Å²) < 4.78 is 12.5. The highest BCUT2D eigenvalue weighted by Crippen LogP contribution is 2.50. The molecular formula is C52H44N4O8. The highest BCUT2D eigenvalue weighted by Gasteiger charge is 2.53. The van der Waals surface area contributed by atoms with E-state index in [-0.39, 0.29) is 48.9 Å². The van der Waals surface area contributed by atoms with E-state index in [1.807, 2.05) is 66.7 Å². The number of aliphatic hydroxyl groups is 2. The molecule has 4 amide bonds. The summed E-state index contributed by atoms with van der Waals surface area (Å²) in [7, 11) is 0. The molecule has 0 saturated carbocycles. The summed E-state index contributed by atoms with van der Waals surface area (Å²) in [5.41, 5.74) is 2.00. The number of hydrogen-bond acceptors (Lipinski definition) is 8. The molecule has 3 atom stereocenters. The normalized spacial score (nSPS) is 19.2. The Morgan fingerprint density at radius 1 is 0.719 bits per heavy atom. The minimum absolute atomic E-state index is 0.0250. The van der Waals surface area contributed by atoms with E-state index >= 15 is 4.79 Å². The predicted molar refractivity (Wildman–Crippen MR) is 242 cm³/mol. The average Bonchev–Trinajstić information content (AvgIpc) is 3.80. The number of carbonyl (C=O) groups excluding carboxylic acids is 4. The lowest BCUT2D eigenvalue weighted by Gasteiger charge is -2.29. The molecule has 1 saturated heterocycles. The van der Waals surface area contributed by atoms with Crippen LogP contribution in [0.4, 0.5) is 28.4 Å². The largest absolute Gasteiger partial charge is 0.454 e. The van der Waals surface area contributed by atoms with Gasteiger partial charge in [0.2, 0.25) is 5.91 Å². The van der Waals surface area contributed by atoms with E-state index in [9.17, 15) is 24.6 Å². The van der Waals surface area contributed by atoms with Crippen LogP contribution in [-0.4, -0.2) is 57.9 Å². The van der Waals surface area contributed by atoms with Crippen LogP contribution in [-0.2, 0) is 21.7 Å². The van der Waals surface area contributed by atoms with Crippen molar-refractivity contribution in [3.8, 4) is 23.0 Å². The van der Waals surface area contributed by atoms with Crippen LogP contribution in [0.1, 0.15) is 58.0 Å². The number of rotatable bonds is 9. The Morgan fingerprint density at radius 3 is 1.92 bits per heavy atom. The zero-order valence-corrected chi connectivity index (χ0v) is 35.0. The Morgan fingerprint density at radius 2 is 1.30 bits per heavy atom. The van der Waals surface area contributed by atoms with Gasteiger partial charge in [0.1, 0.15) is 11.5 Å². The van der Waals surface area contributed by atoms with E-state index in [1.54, 1.807) is 102 Å². The smallest absolute Gasteiger partial charge is 0.266 e. The van der Waals surface area contributed by atoms with Crippen LogP contribution in [0.5, 0.6) is 23.0 Å². The van der Waals surface area contributed by atoms with Gasteiger partial charge in [0.15, 0.2) is 17.1 Å². The Kier molecular flexibility index (Phi) is 10.3. The maximum atomic E-state index is 15.0. The zero-order chi connectivity index (χ0) is 44.1. The van der Waals surface area contributed by atoms with Crippen molar-refractivity contribution in [3.63, 3.8) is 0 Å². The van der Waals surface area contributed by atoms with E-state index in [4.69, 9.17) is 9.47 Å². The first kappa shape index (κ1) is 40.5. The first-order valence-electron chi connectivity index (χ1n) is 21.4. The molecule has 0 bridgehead atoms. The lowest BCUT2D eigenvalue weighted by atomic mass is 9.82. The fourth-order valence-electron chi connectivity index (χ4n) is 9.32. The Labute approximate surface area is 369 Å². The van der Waals surface area contributed by atoms with Crippen LogP contribution >= 0.6 is 0 Å². The van der Waals surface area contributed by atoms with Crippen LogP contribution in [0, 0.1) is 5.92 Å². The van der Waals surface area contributed by atoms with Gasteiger partial charge in [0, 0.05) is 35.8 Å². The van der Waals surface area contributed by atoms with Crippen molar-refractivity contribution >= 4 is 52.1 Å². The summed E-state index contributed by atoms with van der Waals surface area (Å²) in [5.74, 6) is -0.406. The standard InChI is InChI=1S/C52H44N4O8/c1-33(13-10-25-48(58)53-28-12-16-37(53)32-57)52(62)40-30-36(56-43-20-5-9-24-47(43)64-45-22-7-3-18-39(45)50(56)60)26-27-41(40)54(51(52)61)31-34-14-11-15-35(29-34)55-42-19-4-8-23-46(42)63-44-21-6-2-17-38(44)49(55)59/h2-11,13-15,17-24,26-27,29-30,33,37,57,62H,12,16,25,28,31-32H2,1H3/b13-10+/t33-,37-,52+/m0/s1. The number of amides is 4. The van der Waals surface area contributed by atoms with E-state index in [2.05, 4.69) is 0 Å². The van der Waals surface area contributed by atoms with Crippen LogP contribution in [0.15, 0.2) is 152 Å². The van der Waals surface area contributed by atoms with E-state index in [0.717, 1.165) is 12.8 Å². The minimum atomic E-state index is -2.13. The summed E-state index contributed by atoms with van der Waals surface area (Å²) in [4.78, 5) is 63.4. The fourth-order valence-corrected chi connectivity index (χ4v) is 9.32. The van der Waals surface area contributed by atoms with Crippen molar-refractivity contribution in [2.75, 3.05) is 27.9 Å². The SMILES string of the molecule is C[C@@H](/C=C/CC(=O)N1CCC[C@H]1CO)[C@]1(O)C(=O)N(Cc2cccc(N3C(=O)c4ccccc4Oc4ccccc43)c2)c2ccc(N3C(=O)c4ccccc4Oc4ccccc43)cc21. The Bertz CT molecular complexity index is 2890. The lowest BCUT2D eigenvalue weighted by Crippen LogP contribution is -2.44. The van der Waals surface area contributed by atoms with Crippen LogP contribution < -0.4 is 24.2 Å². The van der Waals surface area contributed by atoms with Crippen molar-refractivity contribution < 1.29 is 38.9 Å². The second kappa shape index (κ2) is 16.3. The van der Waals surface area contributed by atoms with E-state index in [0.29, 0.717) is 74.7 Å². The minimum Gasteiger partial charge on any atom is -0.454 e. The highest BCUT2D eigenvalue weighted by molar-refractivity contribution is 6.16. The third-order valence-electron chi connectivity index (χ3n) is 12.6. The van der Waals surface area contributed by atoms with Crippen molar-refractivity contribution in [2.45, 2.75) is 44.4 Å². The fraction of sp³-hybridized carbons (Fsp3) is 0.192. The molecule has 12 nitrogen and oxygen atoms in total. The molecule has 0 unspecified atom stereocenters. The van der Waals surface area contributed by atoms with Gasteiger partial charge in [-0.05, 0) is 97.3 Å². The van der Waals surface area contributed by atoms with Gasteiger partial charge < -0.3 is 29.5 Å². The van der Waals surface area contributed by atoms with Crippen LogP contribution in [0.3, 0.4) is 0 Å². The summed E-state index contributed by atoms with van der Waals surface area (Å²) >= 11 is 0. The number of para-hydroxylation sites is 6. The quantitative estimate of drug-likeness (QED) is 0.137. The van der Waals surface area contributed by atoms with Gasteiger partial charge in [-0.15, -0.1) is 0 Å². The number of hydrogen-bond donors (Lipinski definition) is 2. The number of fused-ring (bicyclic) bond motifs is 5. The zero-order valence-electron chi connectivity index (χ0n) is 35.0. The number of nitrogens with zero attached hydrogens (tertiary/aromatic N) is 4. The summed E-state index contributed by atoms with van der Waals surface area (Å²) in [5, 5.41) is 22.8. The Hall–Kier alpha value is -7.54. The molecule has 10 rings (SSSR count). The van der Waals surface area contributed by atoms with Crippen LogP contribution in [0.2, 0.25) is 0 Å². The second-order valence-electron chi connectivity index (χ2n) is 16.4. The van der Waals surface area contributed by atoms with Gasteiger partial charge in [-0.1, -0.05) is 79.7 Å². The number of carbonyl (C=O) groups is 4. The maximum absolute atomic E-state index is 15.0. The van der Waals surface area contributed by atoms with Gasteiger partial charge in [-0.2, -0.15) is 0 Å². The number of likely N-dealkylation sites (tertiary alicyclic amines) is 1. The van der Waals surface area contributed by atoms with Gasteiger partial charge in [0.25, 0.3) is 17.7 Å². The summed E-state index contributed by atoms with van der Waals surface area (Å²) in [6.07, 6.45) is 4.93. The molecular weight excluding hydrogens is 809 g/mol. The monoisotopic (exact) mass is 852 g/mol. The van der Waals surface area contributed by atoms with E-state index in [1.165, 1.54) is 9.80 Å². The second-order valence-corrected chi connectivity index (χ2v) is 16.4. The van der Waals surface area contributed by atoms with Gasteiger partial charge in [-0.25, -0.2) is 0 Å². The number of anilines is 5. The first-order chi connectivity index (χ1) is 31.1. The summed E-state index contributed by atoms with van der Waals surface area (Å²) in [6.45, 7) is 2.21. The molecule has 0 radical (unpaired) electrons. The molecule has 0 spiro atoms. The van der Waals surface area contributed by atoms with Gasteiger partial charge >= 0.3 is 0 Å². The van der Waals surface area contributed by atoms with Crippen molar-refractivity contribution in [1.82, 2.24) is 4.90 Å². The molecule has 4 aliphatic rings. The molecule has 64 heavy (non-hydrogen) atoms. The average molecular weight is 853 g/mol. The van der Waals surface area contributed by atoms with Crippen molar-refractivity contribution in [3.05, 3.63) is 174 Å². The van der Waals surface area contributed by atoms with Crippen molar-refractivity contribution in [1.29, 1.82) is 0 Å². The van der Waals surface area contributed by atoms with E-state index < -0.39 is 17.4 Å². The third kappa shape index (κ3) is 6.78. The molecule has 320 valence electrons. The van der Waals surface area contributed by atoms with Crippen molar-refractivity contribution in [2.24, 2.45) is 5.92 Å². The molecule has 6 aromatic carbocycles. The molecule has 0 aliphatic carbocycles. The molecule has 12 heteroatoms. The molecule has 1 fully saturated rings. The molecule has 2 N–H and O–H groups in total. The maximum Gasteiger partial charge on any atom is 0.266 e. The van der Waals surface area contributed by atoms with Crippen LogP contribution in [0.25, 0.3) is 0 Å². The molecule has 0 aromatic heterocycles. The summed E-state index contributed by atoms with van der Waals surface area (Å²) in [6, 6.07) is 40.9. The number of benzene rings is 6. The van der Waals surface area contributed by atoms with Gasteiger partial charge in [0.05, 0.1) is 47.4 Å². The number of aliphatic hydroxyl groups excluding tert-OH is 1. The number of ether oxygens (including phenoxy) is 2. The molecule has 6 aromatic rings. The Balaban J connectivity index is 1.04. The van der Waals surface area contributed by atoms with Gasteiger partial charge in [-0.3, -0.25) is 29.0 Å². The molecule has 4 aliphatic heterocycles. The highest BCUT2D eigenvalue weighted by atomic mass is 16.5. The predicted octanol–water partition coefficient (Wildman–Crippen LogP) is 9.16. The topological polar surface area (TPSA) is 140 Å². The lowest BCUT2D eigenvalue weighted by molar-refractivity contribution is -0.139. The third-order valence-corrected chi connectivity index (χ3v) is 12.6. The first-order valence-corrected chi connectivity index (χ1v) is 21.4.